The zero-order valence-electron chi connectivity index (χ0n) is 14.3. The number of hydrogen-bond donors (Lipinski definition) is 0. The lowest BCUT2D eigenvalue weighted by atomic mass is 10.0. The second kappa shape index (κ2) is 8.08. The van der Waals surface area contributed by atoms with E-state index in [2.05, 4.69) is 4.90 Å². The molecule has 2 saturated heterocycles. The van der Waals surface area contributed by atoms with Gasteiger partial charge in [-0.1, -0.05) is 6.07 Å². The molecule has 2 aliphatic heterocycles. The van der Waals surface area contributed by atoms with E-state index in [1.807, 2.05) is 6.07 Å². The summed E-state index contributed by atoms with van der Waals surface area (Å²) in [6, 6.07) is 4.84. The zero-order chi connectivity index (χ0) is 16.9. The van der Waals surface area contributed by atoms with Gasteiger partial charge in [0.05, 0.1) is 30.1 Å². The molecule has 24 heavy (non-hydrogen) atoms. The summed E-state index contributed by atoms with van der Waals surface area (Å²) in [6.07, 6.45) is 5.71. The quantitative estimate of drug-likeness (QED) is 0.771. The average Bonchev–Trinajstić information content (AvgIpc) is 2.61. The summed E-state index contributed by atoms with van der Waals surface area (Å²) in [5, 5.41) is 0. The number of piperidine rings is 1. The molecule has 132 valence electrons. The number of benzene rings is 1. The van der Waals surface area contributed by atoms with Gasteiger partial charge in [0, 0.05) is 19.7 Å². The van der Waals surface area contributed by atoms with Crippen molar-refractivity contribution in [2.45, 2.75) is 51.2 Å². The number of ether oxygens (including phenoxy) is 2. The van der Waals surface area contributed by atoms with Crippen LogP contribution in [0.2, 0.25) is 0 Å². The van der Waals surface area contributed by atoms with Crippen molar-refractivity contribution in [3.63, 3.8) is 0 Å². The molecule has 0 aliphatic carbocycles. The molecule has 3 rings (SSSR count). The lowest BCUT2D eigenvalue weighted by molar-refractivity contribution is -0.0672. The number of carbonyl (C=O) groups is 1. The molecule has 0 aromatic heterocycles. The Morgan fingerprint density at radius 3 is 2.75 bits per heavy atom. The first-order chi connectivity index (χ1) is 11.6. The van der Waals surface area contributed by atoms with E-state index in [1.54, 1.807) is 6.07 Å². The van der Waals surface area contributed by atoms with Crippen molar-refractivity contribution < 1.29 is 18.7 Å². The van der Waals surface area contributed by atoms with Gasteiger partial charge in [0.2, 0.25) is 0 Å². The maximum Gasteiger partial charge on any atom is 0.164 e. The lowest BCUT2D eigenvalue weighted by Crippen LogP contribution is -2.39. The van der Waals surface area contributed by atoms with E-state index >= 15 is 0 Å². The van der Waals surface area contributed by atoms with Crippen LogP contribution < -0.4 is 4.90 Å². The fourth-order valence-corrected chi connectivity index (χ4v) is 3.57. The maximum atomic E-state index is 14.0. The second-order valence-corrected chi connectivity index (χ2v) is 6.70. The zero-order valence-corrected chi connectivity index (χ0v) is 14.3. The summed E-state index contributed by atoms with van der Waals surface area (Å²) in [5.74, 6) is -0.663. The molecule has 0 unspecified atom stereocenters. The number of rotatable bonds is 5. The van der Waals surface area contributed by atoms with E-state index in [0.717, 1.165) is 45.4 Å². The minimum Gasteiger partial charge on any atom is -0.376 e. The topological polar surface area (TPSA) is 38.8 Å². The Morgan fingerprint density at radius 2 is 2.08 bits per heavy atom. The first kappa shape index (κ1) is 17.4. The molecule has 0 saturated carbocycles. The van der Waals surface area contributed by atoms with Crippen LogP contribution in [-0.2, 0) is 9.47 Å². The van der Waals surface area contributed by atoms with Crippen LogP contribution in [0.5, 0.6) is 0 Å². The highest BCUT2D eigenvalue weighted by Crippen LogP contribution is 2.27. The average molecular weight is 335 g/mol. The van der Waals surface area contributed by atoms with Crippen molar-refractivity contribution in [2.24, 2.45) is 0 Å². The third-order valence-corrected chi connectivity index (χ3v) is 4.92. The van der Waals surface area contributed by atoms with Gasteiger partial charge >= 0.3 is 0 Å². The Balaban J connectivity index is 1.53. The van der Waals surface area contributed by atoms with Gasteiger partial charge < -0.3 is 14.4 Å². The third kappa shape index (κ3) is 4.14. The van der Waals surface area contributed by atoms with Crippen molar-refractivity contribution in [3.05, 3.63) is 29.6 Å². The molecule has 2 heterocycles. The van der Waals surface area contributed by atoms with Gasteiger partial charge in [0.25, 0.3) is 0 Å². The minimum atomic E-state index is -0.437. The van der Waals surface area contributed by atoms with Crippen LogP contribution in [0.4, 0.5) is 10.1 Å². The van der Waals surface area contributed by atoms with E-state index in [1.165, 1.54) is 19.4 Å². The highest BCUT2D eigenvalue weighted by atomic mass is 19.1. The maximum absolute atomic E-state index is 14.0. The molecule has 0 bridgehead atoms. The standard InChI is InChI=1S/C19H26FNO3/c1-14(22)19-17(20)6-4-7-18(19)21-10-8-15(9-11-21)24-13-16-5-2-3-12-23-16/h4,6-7,15-16H,2-3,5,8-13H2,1H3/t16-/m1/s1. The predicted molar refractivity (Wildman–Crippen MR) is 91.2 cm³/mol. The lowest BCUT2D eigenvalue weighted by Gasteiger charge is -2.35. The van der Waals surface area contributed by atoms with E-state index in [4.69, 9.17) is 9.47 Å². The first-order valence-electron chi connectivity index (χ1n) is 8.92. The smallest absolute Gasteiger partial charge is 0.164 e. The minimum absolute atomic E-state index is 0.201. The van der Waals surface area contributed by atoms with Crippen LogP contribution in [0.1, 0.15) is 49.4 Å². The monoisotopic (exact) mass is 335 g/mol. The molecular weight excluding hydrogens is 309 g/mol. The molecule has 1 aromatic carbocycles. The van der Waals surface area contributed by atoms with Gasteiger partial charge in [-0.25, -0.2) is 4.39 Å². The third-order valence-electron chi connectivity index (χ3n) is 4.92. The van der Waals surface area contributed by atoms with Crippen molar-refractivity contribution in [2.75, 3.05) is 31.2 Å². The number of Topliss-reactive ketones (excluding diaryl/α,β-unsaturated/α-hetero) is 1. The molecule has 5 heteroatoms. The van der Waals surface area contributed by atoms with Crippen LogP contribution in [0.3, 0.4) is 0 Å². The Labute approximate surface area is 142 Å². The largest absolute Gasteiger partial charge is 0.376 e. The molecule has 2 aliphatic rings. The summed E-state index contributed by atoms with van der Waals surface area (Å²) in [7, 11) is 0. The number of anilines is 1. The van der Waals surface area contributed by atoms with Crippen LogP contribution in [0.25, 0.3) is 0 Å². The van der Waals surface area contributed by atoms with Crippen LogP contribution in [0.15, 0.2) is 18.2 Å². The summed E-state index contributed by atoms with van der Waals surface area (Å²) in [6.45, 7) is 4.49. The second-order valence-electron chi connectivity index (χ2n) is 6.70. The molecule has 2 fully saturated rings. The number of ketones is 1. The number of carbonyl (C=O) groups excluding carboxylic acids is 1. The van der Waals surface area contributed by atoms with E-state index < -0.39 is 5.82 Å². The molecule has 0 amide bonds. The van der Waals surface area contributed by atoms with E-state index in [-0.39, 0.29) is 23.6 Å². The van der Waals surface area contributed by atoms with Crippen LogP contribution in [0, 0.1) is 5.82 Å². The molecule has 0 spiro atoms. The normalized spacial score (nSPS) is 22.6. The fraction of sp³-hybridized carbons (Fsp3) is 0.632. The van der Waals surface area contributed by atoms with Gasteiger partial charge in [-0.15, -0.1) is 0 Å². The highest BCUT2D eigenvalue weighted by Gasteiger charge is 2.25. The van der Waals surface area contributed by atoms with Gasteiger partial charge in [0.15, 0.2) is 5.78 Å². The Morgan fingerprint density at radius 1 is 1.29 bits per heavy atom. The van der Waals surface area contributed by atoms with Crippen molar-refractivity contribution in [1.82, 2.24) is 0 Å². The van der Waals surface area contributed by atoms with Crippen molar-refractivity contribution in [1.29, 1.82) is 0 Å². The van der Waals surface area contributed by atoms with E-state index in [9.17, 15) is 9.18 Å². The summed E-state index contributed by atoms with van der Waals surface area (Å²) in [4.78, 5) is 13.9. The first-order valence-corrected chi connectivity index (χ1v) is 8.92. The number of nitrogens with zero attached hydrogens (tertiary/aromatic N) is 1. The molecule has 1 atom stereocenters. The molecule has 0 radical (unpaired) electrons. The molecule has 1 aromatic rings. The summed E-state index contributed by atoms with van der Waals surface area (Å²) in [5.41, 5.74) is 0.907. The van der Waals surface area contributed by atoms with Crippen molar-refractivity contribution in [3.8, 4) is 0 Å². The van der Waals surface area contributed by atoms with Crippen LogP contribution in [-0.4, -0.2) is 44.3 Å². The summed E-state index contributed by atoms with van der Waals surface area (Å²) >= 11 is 0. The SMILES string of the molecule is CC(=O)c1c(F)cccc1N1CCC(OC[C@H]2CCCCO2)CC1. The van der Waals surface area contributed by atoms with Crippen molar-refractivity contribution >= 4 is 11.5 Å². The predicted octanol–water partition coefficient (Wildman–Crippen LogP) is 3.58. The fourth-order valence-electron chi connectivity index (χ4n) is 3.57. The Hall–Kier alpha value is -1.46. The van der Waals surface area contributed by atoms with Gasteiger partial charge in [-0.2, -0.15) is 0 Å². The van der Waals surface area contributed by atoms with Gasteiger partial charge in [-0.05, 0) is 51.2 Å². The number of hydrogen-bond acceptors (Lipinski definition) is 4. The van der Waals surface area contributed by atoms with Crippen LogP contribution >= 0.6 is 0 Å². The molecule has 0 N–H and O–H groups in total. The highest BCUT2D eigenvalue weighted by molar-refractivity contribution is 6.00. The number of halogens is 1. The van der Waals surface area contributed by atoms with Gasteiger partial charge in [-0.3, -0.25) is 4.79 Å². The summed E-state index contributed by atoms with van der Waals surface area (Å²) < 4.78 is 25.7. The Kier molecular flexibility index (Phi) is 5.85. The van der Waals surface area contributed by atoms with Gasteiger partial charge in [0.1, 0.15) is 5.82 Å². The molecule has 4 nitrogen and oxygen atoms in total. The molecular formula is C19H26FNO3. The van der Waals surface area contributed by atoms with E-state index in [0.29, 0.717) is 12.3 Å². The Bertz CT molecular complexity index is 564.